The Morgan fingerprint density at radius 1 is 1.05 bits per heavy atom. The van der Waals surface area contributed by atoms with Crippen molar-refractivity contribution in [3.63, 3.8) is 0 Å². The van der Waals surface area contributed by atoms with Crippen LogP contribution in [0.5, 0.6) is 0 Å². The average Bonchev–Trinajstić information content (AvgIpc) is 2.42. The van der Waals surface area contributed by atoms with Crippen LogP contribution < -0.4 is 0 Å². The molecule has 0 amide bonds. The molecule has 0 aliphatic carbocycles. The minimum atomic E-state index is -2.81. The molecule has 0 aliphatic rings. The third-order valence-electron chi connectivity index (χ3n) is 3.20. The van der Waals surface area contributed by atoms with Crippen LogP contribution in [0.2, 0.25) is 19.6 Å². The summed E-state index contributed by atoms with van der Waals surface area (Å²) in [4.78, 5) is 0. The smallest absolute Gasteiger partial charge is 0.246 e. The molecule has 1 unspecified atom stereocenters. The minimum absolute atomic E-state index is 0.440. The van der Waals surface area contributed by atoms with Crippen LogP contribution in [0.15, 0.2) is 36.4 Å². The van der Waals surface area contributed by atoms with Crippen LogP contribution in [0.3, 0.4) is 0 Å². The van der Waals surface area contributed by atoms with Crippen LogP contribution in [-0.4, -0.2) is 51.7 Å². The monoisotopic (exact) mass is 340 g/mol. The Labute approximate surface area is 136 Å². The molecule has 0 fully saturated rings. The Kier molecular flexibility index (Phi) is 6.78. The maximum Gasteiger partial charge on any atom is 0.246 e. The molecule has 0 spiro atoms. The van der Waals surface area contributed by atoms with Crippen LogP contribution in [0.25, 0.3) is 6.08 Å². The van der Waals surface area contributed by atoms with Crippen LogP contribution in [0.4, 0.5) is 0 Å². The van der Waals surface area contributed by atoms with Crippen molar-refractivity contribution in [3.05, 3.63) is 42.0 Å². The molecular weight excluding hydrogens is 311 g/mol. The fraction of sp³-hybridized carbons (Fsp3) is 0.500. The van der Waals surface area contributed by atoms with Gasteiger partial charge in [-0.05, 0) is 59.5 Å². The first-order valence-electron chi connectivity index (χ1n) is 7.44. The van der Waals surface area contributed by atoms with Gasteiger partial charge in [-0.1, -0.05) is 36.4 Å². The van der Waals surface area contributed by atoms with Crippen molar-refractivity contribution < 1.29 is 8.99 Å². The molecule has 1 aromatic rings. The van der Waals surface area contributed by atoms with Gasteiger partial charge in [-0.25, -0.2) is 9.34 Å². The highest BCUT2D eigenvalue weighted by atomic mass is 31.2. The Bertz CT molecular complexity index is 527. The van der Waals surface area contributed by atoms with Gasteiger partial charge in [0, 0.05) is 0 Å². The number of benzene rings is 1. The molecule has 0 N–H and O–H groups in total. The zero-order chi connectivity index (χ0) is 17.0. The molecule has 6 heteroatoms. The van der Waals surface area contributed by atoms with Gasteiger partial charge in [-0.2, -0.15) is 0 Å². The molecule has 0 saturated heterocycles. The Morgan fingerprint density at radius 2 is 1.55 bits per heavy atom. The molecular formula is C16H29N2O2PSi. The fourth-order valence-electron chi connectivity index (χ4n) is 2.15. The van der Waals surface area contributed by atoms with Crippen molar-refractivity contribution in [1.82, 2.24) is 9.34 Å². The minimum Gasteiger partial charge on any atom is -0.402 e. The fourth-order valence-corrected chi connectivity index (χ4v) is 6.39. The highest BCUT2D eigenvalue weighted by Gasteiger charge is 2.39. The van der Waals surface area contributed by atoms with Crippen molar-refractivity contribution in [2.24, 2.45) is 0 Å². The number of hydrogen-bond donors (Lipinski definition) is 0. The molecule has 1 atom stereocenters. The van der Waals surface area contributed by atoms with E-state index in [0.29, 0.717) is 0 Å². The Morgan fingerprint density at radius 3 is 1.95 bits per heavy atom. The van der Waals surface area contributed by atoms with Crippen molar-refractivity contribution in [3.8, 4) is 0 Å². The average molecular weight is 340 g/mol. The summed E-state index contributed by atoms with van der Waals surface area (Å²) in [6.07, 6.45) is 3.93. The van der Waals surface area contributed by atoms with Crippen LogP contribution in [0.1, 0.15) is 5.56 Å². The highest BCUT2D eigenvalue weighted by molar-refractivity contribution is 7.59. The molecule has 1 rings (SSSR count). The van der Waals surface area contributed by atoms with Crippen molar-refractivity contribution in [2.75, 3.05) is 28.2 Å². The maximum atomic E-state index is 13.5. The second-order valence-corrected chi connectivity index (χ2v) is 14.4. The molecule has 0 radical (unpaired) electrons. The molecule has 0 aromatic heterocycles. The van der Waals surface area contributed by atoms with E-state index in [-0.39, 0.29) is 0 Å². The van der Waals surface area contributed by atoms with Gasteiger partial charge in [-0.3, -0.25) is 4.57 Å². The SMILES string of the molecule is CN(C)P(=O)(C(/C=C/c1ccccc1)O[Si](C)(C)C)N(C)C. The summed E-state index contributed by atoms with van der Waals surface area (Å²) in [7, 11) is 2.73. The first kappa shape index (κ1) is 19.3. The van der Waals surface area contributed by atoms with Crippen molar-refractivity contribution >= 4 is 21.8 Å². The molecule has 1 aromatic carbocycles. The van der Waals surface area contributed by atoms with E-state index in [1.54, 1.807) is 9.34 Å². The summed E-state index contributed by atoms with van der Waals surface area (Å²) < 4.78 is 23.3. The first-order chi connectivity index (χ1) is 10.1. The summed E-state index contributed by atoms with van der Waals surface area (Å²) in [5.41, 5.74) is 1.08. The van der Waals surface area contributed by atoms with Gasteiger partial charge < -0.3 is 4.43 Å². The van der Waals surface area contributed by atoms with Crippen molar-refractivity contribution in [2.45, 2.75) is 25.5 Å². The van der Waals surface area contributed by atoms with E-state index in [2.05, 4.69) is 19.6 Å². The van der Waals surface area contributed by atoms with Crippen LogP contribution in [0, 0.1) is 0 Å². The van der Waals surface area contributed by atoms with Gasteiger partial charge in [0.25, 0.3) is 0 Å². The summed E-state index contributed by atoms with van der Waals surface area (Å²) in [6, 6.07) is 10.0. The zero-order valence-corrected chi connectivity index (χ0v) is 16.7. The molecule has 22 heavy (non-hydrogen) atoms. The van der Waals surface area contributed by atoms with Crippen LogP contribution >= 0.6 is 7.44 Å². The van der Waals surface area contributed by atoms with E-state index >= 15 is 0 Å². The summed E-state index contributed by atoms with van der Waals surface area (Å²) in [5.74, 6) is -0.440. The second kappa shape index (κ2) is 7.71. The molecule has 0 bridgehead atoms. The summed E-state index contributed by atoms with van der Waals surface area (Å²) in [5, 5.41) is 0. The van der Waals surface area contributed by atoms with E-state index < -0.39 is 21.6 Å². The largest absolute Gasteiger partial charge is 0.402 e. The van der Waals surface area contributed by atoms with E-state index in [9.17, 15) is 4.57 Å². The van der Waals surface area contributed by atoms with Gasteiger partial charge in [-0.15, -0.1) is 0 Å². The normalized spacial score (nSPS) is 15.0. The quantitative estimate of drug-likeness (QED) is 0.550. The lowest BCUT2D eigenvalue weighted by atomic mass is 10.2. The standard InChI is InChI=1S/C16H29N2O2PSi/c1-17(2)21(19,18(3)4)16(20-22(5,6)7)14-13-15-11-9-8-10-12-15/h8-14,16H,1-7H3/b14-13+. The lowest BCUT2D eigenvalue weighted by Gasteiger charge is -2.38. The van der Waals surface area contributed by atoms with E-state index in [4.69, 9.17) is 4.43 Å². The number of nitrogens with zero attached hydrogens (tertiary/aromatic N) is 2. The van der Waals surface area contributed by atoms with Gasteiger partial charge >= 0.3 is 0 Å². The lowest BCUT2D eigenvalue weighted by Crippen LogP contribution is -2.37. The van der Waals surface area contributed by atoms with Gasteiger partial charge in [0.2, 0.25) is 7.44 Å². The third-order valence-corrected chi connectivity index (χ3v) is 7.60. The van der Waals surface area contributed by atoms with Gasteiger partial charge in [0.1, 0.15) is 5.85 Å². The molecule has 4 nitrogen and oxygen atoms in total. The predicted molar refractivity (Wildman–Crippen MR) is 98.7 cm³/mol. The molecule has 124 valence electrons. The second-order valence-electron chi connectivity index (χ2n) is 6.67. The topological polar surface area (TPSA) is 32.8 Å². The van der Waals surface area contributed by atoms with Gasteiger partial charge in [0.05, 0.1) is 0 Å². The molecule has 0 saturated carbocycles. The predicted octanol–water partition coefficient (Wildman–Crippen LogP) is 4.19. The van der Waals surface area contributed by atoms with E-state index in [1.807, 2.05) is 70.7 Å². The van der Waals surface area contributed by atoms with E-state index in [1.165, 1.54) is 0 Å². The summed E-state index contributed by atoms with van der Waals surface area (Å²) >= 11 is 0. The van der Waals surface area contributed by atoms with Crippen LogP contribution in [-0.2, 0) is 8.99 Å². The number of rotatable bonds is 7. The summed E-state index contributed by atoms with van der Waals surface area (Å²) in [6.45, 7) is 6.35. The lowest BCUT2D eigenvalue weighted by molar-refractivity contribution is 0.282. The van der Waals surface area contributed by atoms with E-state index in [0.717, 1.165) is 5.56 Å². The third kappa shape index (κ3) is 5.18. The first-order valence-corrected chi connectivity index (χ1v) is 12.5. The molecule has 0 aliphatic heterocycles. The molecule has 0 heterocycles. The number of hydrogen-bond acceptors (Lipinski definition) is 2. The van der Waals surface area contributed by atoms with Gasteiger partial charge in [0.15, 0.2) is 8.32 Å². The zero-order valence-electron chi connectivity index (χ0n) is 14.8. The van der Waals surface area contributed by atoms with Crippen molar-refractivity contribution in [1.29, 1.82) is 0 Å². The Hall–Kier alpha value is -0.713. The highest BCUT2D eigenvalue weighted by Crippen LogP contribution is 2.55. The maximum absolute atomic E-state index is 13.5. The Balaban J connectivity index is 3.18.